The molecule has 2 aromatic rings. The molecule has 0 aliphatic rings. The lowest BCUT2D eigenvalue weighted by Crippen LogP contribution is -2.05. The monoisotopic (exact) mass is 382 g/mol. The third-order valence-corrected chi connectivity index (χ3v) is 4.77. The topological polar surface area (TPSA) is 35.5 Å². The maximum Gasteiger partial charge on any atom is 0.305 e. The van der Waals surface area contributed by atoms with Gasteiger partial charge < -0.3 is 9.47 Å². The first-order valence-electron chi connectivity index (χ1n) is 10.7. The minimum absolute atomic E-state index is 0.0514. The molecular formula is C25H34O3. The van der Waals surface area contributed by atoms with Crippen LogP contribution in [0.2, 0.25) is 0 Å². The van der Waals surface area contributed by atoms with Crippen molar-refractivity contribution < 1.29 is 14.3 Å². The highest BCUT2D eigenvalue weighted by molar-refractivity contribution is 5.70. The number of unbranched alkanes of at least 4 members (excludes halogenated alkanes) is 6. The van der Waals surface area contributed by atoms with E-state index in [1.54, 1.807) is 0 Å². The molecule has 0 aliphatic carbocycles. The van der Waals surface area contributed by atoms with E-state index in [-0.39, 0.29) is 5.97 Å². The van der Waals surface area contributed by atoms with Gasteiger partial charge in [0.15, 0.2) is 0 Å². The van der Waals surface area contributed by atoms with Gasteiger partial charge >= 0.3 is 5.97 Å². The second kappa shape index (κ2) is 13.8. The van der Waals surface area contributed by atoms with Gasteiger partial charge in [-0.05, 0) is 30.9 Å². The Morgan fingerprint density at radius 1 is 0.750 bits per heavy atom. The van der Waals surface area contributed by atoms with Crippen LogP contribution in [0.4, 0.5) is 0 Å². The Hall–Kier alpha value is -2.29. The van der Waals surface area contributed by atoms with E-state index in [1.165, 1.54) is 18.4 Å². The number of rotatable bonds is 14. The van der Waals surface area contributed by atoms with Crippen molar-refractivity contribution in [2.45, 2.75) is 64.7 Å². The molecule has 0 bridgehead atoms. The Kier molecular flexibility index (Phi) is 10.9. The molecule has 0 aliphatic heterocycles. The van der Waals surface area contributed by atoms with Crippen molar-refractivity contribution in [2.75, 3.05) is 13.2 Å². The predicted molar refractivity (Wildman–Crippen MR) is 116 cm³/mol. The zero-order chi connectivity index (χ0) is 19.9. The lowest BCUT2D eigenvalue weighted by molar-refractivity contribution is -0.143. The van der Waals surface area contributed by atoms with Gasteiger partial charge in [0, 0.05) is 12.0 Å². The number of hydrogen-bond acceptors (Lipinski definition) is 3. The van der Waals surface area contributed by atoms with Crippen LogP contribution in [0.15, 0.2) is 54.6 Å². The maximum absolute atomic E-state index is 11.7. The highest BCUT2D eigenvalue weighted by Crippen LogP contribution is 2.29. The van der Waals surface area contributed by atoms with E-state index in [1.807, 2.05) is 36.4 Å². The minimum atomic E-state index is -0.0514. The number of carbonyl (C=O) groups is 1. The predicted octanol–water partition coefficient (Wildman–Crippen LogP) is 6.81. The van der Waals surface area contributed by atoms with Crippen molar-refractivity contribution in [2.24, 2.45) is 0 Å². The van der Waals surface area contributed by atoms with E-state index >= 15 is 0 Å². The number of benzene rings is 2. The molecule has 0 atom stereocenters. The molecule has 3 heteroatoms. The van der Waals surface area contributed by atoms with E-state index in [4.69, 9.17) is 9.47 Å². The minimum Gasteiger partial charge on any atom is -0.493 e. The second-order valence-corrected chi connectivity index (χ2v) is 7.16. The molecule has 0 aromatic heterocycles. The summed E-state index contributed by atoms with van der Waals surface area (Å²) in [4.78, 5) is 11.7. The molecule has 2 rings (SSSR count). The molecule has 2 aromatic carbocycles. The van der Waals surface area contributed by atoms with Gasteiger partial charge in [-0.15, -0.1) is 0 Å². The highest BCUT2D eigenvalue weighted by atomic mass is 16.5. The van der Waals surface area contributed by atoms with E-state index in [2.05, 4.69) is 25.1 Å². The van der Waals surface area contributed by atoms with Crippen LogP contribution in [-0.4, -0.2) is 19.2 Å². The van der Waals surface area contributed by atoms with Crippen molar-refractivity contribution >= 4 is 5.97 Å². The van der Waals surface area contributed by atoms with Crippen molar-refractivity contribution in [1.82, 2.24) is 0 Å². The maximum atomic E-state index is 11.7. The average Bonchev–Trinajstić information content (AvgIpc) is 2.74. The normalized spacial score (nSPS) is 10.6. The summed E-state index contributed by atoms with van der Waals surface area (Å²) >= 11 is 0. The first-order chi connectivity index (χ1) is 13.8. The van der Waals surface area contributed by atoms with Crippen LogP contribution < -0.4 is 4.74 Å². The summed E-state index contributed by atoms with van der Waals surface area (Å²) in [6.45, 7) is 3.46. The number of hydrogen-bond donors (Lipinski definition) is 0. The number of esters is 1. The van der Waals surface area contributed by atoms with Gasteiger partial charge in [0.1, 0.15) is 5.75 Å². The van der Waals surface area contributed by atoms with Crippen LogP contribution in [0.25, 0.3) is 11.1 Å². The molecule has 152 valence electrons. The lowest BCUT2D eigenvalue weighted by atomic mass is 10.1. The van der Waals surface area contributed by atoms with E-state index < -0.39 is 0 Å². The Balaban J connectivity index is 1.56. The molecule has 0 unspecified atom stereocenters. The largest absolute Gasteiger partial charge is 0.493 e. The molecule has 0 heterocycles. The fourth-order valence-electron chi connectivity index (χ4n) is 3.14. The van der Waals surface area contributed by atoms with E-state index in [0.717, 1.165) is 49.8 Å². The molecular weight excluding hydrogens is 348 g/mol. The van der Waals surface area contributed by atoms with Crippen molar-refractivity contribution in [3.63, 3.8) is 0 Å². The smallest absolute Gasteiger partial charge is 0.305 e. The van der Waals surface area contributed by atoms with Gasteiger partial charge in [-0.2, -0.15) is 0 Å². The molecule has 0 N–H and O–H groups in total. The summed E-state index contributed by atoms with van der Waals surface area (Å²) in [5.41, 5.74) is 2.30. The first-order valence-corrected chi connectivity index (χ1v) is 10.7. The molecule has 28 heavy (non-hydrogen) atoms. The van der Waals surface area contributed by atoms with Crippen LogP contribution in [-0.2, 0) is 9.53 Å². The van der Waals surface area contributed by atoms with Gasteiger partial charge in [0.05, 0.1) is 13.2 Å². The standard InChI is InChI=1S/C25H34O3/c1-2-3-4-13-21-28-25(26)19-10-5-6-14-20-27-24-18-12-11-17-23(24)22-15-8-7-9-16-22/h7-9,11-12,15-18H,2-6,10,13-14,19-21H2,1H3. The SMILES string of the molecule is CCCCCCOC(=O)CCCCCCOc1ccccc1-c1ccccc1. The van der Waals surface area contributed by atoms with Gasteiger partial charge in [0.25, 0.3) is 0 Å². The molecule has 0 fully saturated rings. The van der Waals surface area contributed by atoms with Crippen molar-refractivity contribution in [3.8, 4) is 16.9 Å². The summed E-state index contributed by atoms with van der Waals surface area (Å²) < 4.78 is 11.3. The Morgan fingerprint density at radius 2 is 1.43 bits per heavy atom. The van der Waals surface area contributed by atoms with E-state index in [9.17, 15) is 4.79 Å². The summed E-state index contributed by atoms with van der Waals surface area (Å²) in [5, 5.41) is 0. The zero-order valence-electron chi connectivity index (χ0n) is 17.2. The second-order valence-electron chi connectivity index (χ2n) is 7.16. The van der Waals surface area contributed by atoms with E-state index in [0.29, 0.717) is 19.6 Å². The highest BCUT2D eigenvalue weighted by Gasteiger charge is 2.05. The number of ether oxygens (including phenoxy) is 2. The van der Waals surface area contributed by atoms with Crippen molar-refractivity contribution in [3.05, 3.63) is 54.6 Å². The number of para-hydroxylation sites is 1. The summed E-state index contributed by atoms with van der Waals surface area (Å²) in [6, 6.07) is 18.5. The van der Waals surface area contributed by atoms with Gasteiger partial charge in [-0.1, -0.05) is 87.6 Å². The molecule has 0 spiro atoms. The van der Waals surface area contributed by atoms with Gasteiger partial charge in [-0.25, -0.2) is 0 Å². The molecule has 0 radical (unpaired) electrons. The lowest BCUT2D eigenvalue weighted by Gasteiger charge is -2.11. The van der Waals surface area contributed by atoms with Gasteiger partial charge in [0.2, 0.25) is 0 Å². The van der Waals surface area contributed by atoms with Crippen LogP contribution in [0.1, 0.15) is 64.7 Å². The molecule has 0 amide bonds. The fraction of sp³-hybridized carbons (Fsp3) is 0.480. The third-order valence-electron chi connectivity index (χ3n) is 4.77. The quantitative estimate of drug-likeness (QED) is 0.266. The fourth-order valence-corrected chi connectivity index (χ4v) is 3.14. The molecule has 3 nitrogen and oxygen atoms in total. The Bertz CT molecular complexity index is 667. The summed E-state index contributed by atoms with van der Waals surface area (Å²) in [5.74, 6) is 0.880. The molecule has 0 saturated carbocycles. The average molecular weight is 383 g/mol. The van der Waals surface area contributed by atoms with Gasteiger partial charge in [-0.3, -0.25) is 4.79 Å². The zero-order valence-corrected chi connectivity index (χ0v) is 17.2. The van der Waals surface area contributed by atoms with Crippen LogP contribution in [0, 0.1) is 0 Å². The molecule has 0 saturated heterocycles. The summed E-state index contributed by atoms with van der Waals surface area (Å²) in [7, 11) is 0. The van der Waals surface area contributed by atoms with Crippen LogP contribution in [0.5, 0.6) is 5.75 Å². The summed E-state index contributed by atoms with van der Waals surface area (Å²) in [6.07, 6.45) is 9.09. The first kappa shape index (κ1) is 22.0. The third kappa shape index (κ3) is 8.60. The van der Waals surface area contributed by atoms with Crippen LogP contribution in [0.3, 0.4) is 0 Å². The Labute approximate surface area is 170 Å². The number of carbonyl (C=O) groups excluding carboxylic acids is 1. The Morgan fingerprint density at radius 3 is 2.25 bits per heavy atom. The van der Waals surface area contributed by atoms with Crippen molar-refractivity contribution in [1.29, 1.82) is 0 Å². The van der Waals surface area contributed by atoms with Crippen LogP contribution >= 0.6 is 0 Å².